The molecule has 1 atom stereocenters. The van der Waals surface area contributed by atoms with E-state index in [4.69, 9.17) is 5.73 Å². The van der Waals surface area contributed by atoms with Gasteiger partial charge >= 0.3 is 0 Å². The Labute approximate surface area is 135 Å². The number of benzene rings is 1. The zero-order valence-electron chi connectivity index (χ0n) is 13.0. The van der Waals surface area contributed by atoms with Crippen LogP contribution in [0, 0.1) is 0 Å². The summed E-state index contributed by atoms with van der Waals surface area (Å²) in [6, 6.07) is 11.4. The van der Waals surface area contributed by atoms with E-state index in [9.17, 15) is 4.79 Å². The number of nitrogens with two attached hydrogens (primary N) is 1. The fraction of sp³-hybridized carbons (Fsp3) is 0.353. The van der Waals surface area contributed by atoms with E-state index in [0.717, 1.165) is 37.3 Å². The molecule has 0 saturated carbocycles. The van der Waals surface area contributed by atoms with E-state index >= 15 is 0 Å². The number of aromatic nitrogens is 2. The quantitative estimate of drug-likeness (QED) is 0.890. The van der Waals surface area contributed by atoms with E-state index in [0.29, 0.717) is 12.1 Å². The van der Waals surface area contributed by atoms with Crippen molar-refractivity contribution in [2.75, 3.05) is 18.0 Å². The number of nitrogens with one attached hydrogen (secondary N) is 1. The van der Waals surface area contributed by atoms with Crippen LogP contribution in [0.5, 0.6) is 0 Å². The number of hydrogen-bond donors (Lipinski definition) is 2. The molecule has 1 aliphatic heterocycles. The summed E-state index contributed by atoms with van der Waals surface area (Å²) in [5.74, 6) is 0.818. The average Bonchev–Trinajstić information content (AvgIpc) is 2.63. The molecule has 2 heterocycles. The molecule has 0 aliphatic carbocycles. The summed E-state index contributed by atoms with van der Waals surface area (Å²) in [6.07, 6.45) is 3.66. The zero-order chi connectivity index (χ0) is 16.1. The normalized spacial score (nSPS) is 17.8. The maximum absolute atomic E-state index is 12.4. The molecule has 1 saturated heterocycles. The molecule has 120 valence electrons. The molecular formula is C17H21N5O. The topological polar surface area (TPSA) is 84.1 Å². The van der Waals surface area contributed by atoms with Gasteiger partial charge in [0.15, 0.2) is 5.82 Å². The van der Waals surface area contributed by atoms with Gasteiger partial charge in [0, 0.05) is 37.4 Å². The molecule has 0 bridgehead atoms. The van der Waals surface area contributed by atoms with Crippen molar-refractivity contribution in [2.45, 2.75) is 25.4 Å². The Morgan fingerprint density at radius 3 is 2.83 bits per heavy atom. The Hall–Kier alpha value is -2.47. The van der Waals surface area contributed by atoms with Crippen LogP contribution in [0.2, 0.25) is 0 Å². The van der Waals surface area contributed by atoms with Gasteiger partial charge in [-0.15, -0.1) is 5.10 Å². The summed E-state index contributed by atoms with van der Waals surface area (Å²) in [5.41, 5.74) is 7.27. The summed E-state index contributed by atoms with van der Waals surface area (Å²) >= 11 is 0. The summed E-state index contributed by atoms with van der Waals surface area (Å²) in [7, 11) is 0. The summed E-state index contributed by atoms with van der Waals surface area (Å²) in [5, 5.41) is 11.2. The lowest BCUT2D eigenvalue weighted by Gasteiger charge is -2.33. The molecule has 0 radical (unpaired) electrons. The number of nitrogens with zero attached hydrogens (tertiary/aromatic N) is 3. The van der Waals surface area contributed by atoms with E-state index in [1.165, 1.54) is 0 Å². The van der Waals surface area contributed by atoms with E-state index in [2.05, 4.69) is 20.4 Å². The lowest BCUT2D eigenvalue weighted by molar-refractivity contribution is 0.0933. The second kappa shape index (κ2) is 7.19. The third kappa shape index (κ3) is 3.84. The van der Waals surface area contributed by atoms with Crippen molar-refractivity contribution in [3.63, 3.8) is 0 Å². The van der Waals surface area contributed by atoms with E-state index in [1.807, 2.05) is 36.4 Å². The first kappa shape index (κ1) is 15.4. The van der Waals surface area contributed by atoms with Gasteiger partial charge in [-0.2, -0.15) is 5.10 Å². The fourth-order valence-corrected chi connectivity index (χ4v) is 2.83. The lowest BCUT2D eigenvalue weighted by atomic mass is 10.0. The Kier molecular flexibility index (Phi) is 4.83. The number of piperidine rings is 1. The maximum atomic E-state index is 12.4. The first-order valence-electron chi connectivity index (χ1n) is 7.89. The molecule has 1 fully saturated rings. The second-order valence-electron chi connectivity index (χ2n) is 5.74. The predicted octanol–water partition coefficient (Wildman–Crippen LogP) is 1.33. The van der Waals surface area contributed by atoms with Crippen LogP contribution in [0.15, 0.2) is 42.6 Å². The van der Waals surface area contributed by atoms with Crippen LogP contribution in [-0.4, -0.2) is 35.2 Å². The van der Waals surface area contributed by atoms with Crippen molar-refractivity contribution in [1.29, 1.82) is 0 Å². The monoisotopic (exact) mass is 311 g/mol. The third-order valence-electron chi connectivity index (χ3n) is 4.09. The largest absolute Gasteiger partial charge is 0.353 e. The van der Waals surface area contributed by atoms with Gasteiger partial charge in [0.2, 0.25) is 0 Å². The number of amides is 1. The second-order valence-corrected chi connectivity index (χ2v) is 5.74. The maximum Gasteiger partial charge on any atom is 0.251 e. The van der Waals surface area contributed by atoms with Crippen molar-refractivity contribution in [3.05, 3.63) is 53.7 Å². The van der Waals surface area contributed by atoms with E-state index < -0.39 is 0 Å². The Balaban J connectivity index is 1.61. The van der Waals surface area contributed by atoms with Crippen LogP contribution < -0.4 is 16.0 Å². The summed E-state index contributed by atoms with van der Waals surface area (Å²) in [4.78, 5) is 14.5. The molecule has 0 spiro atoms. The standard InChI is InChI=1S/C17H21N5O/c18-11-13-5-7-14(8-6-13)17(23)20-15-3-2-10-22(12-15)16-4-1-9-19-21-16/h1,4-9,15H,2-3,10-12,18H2,(H,20,23). The lowest BCUT2D eigenvalue weighted by Crippen LogP contribution is -2.48. The molecule has 3 N–H and O–H groups in total. The van der Waals surface area contributed by atoms with E-state index in [1.54, 1.807) is 6.20 Å². The minimum Gasteiger partial charge on any atom is -0.353 e. The van der Waals surface area contributed by atoms with Crippen LogP contribution in [0.25, 0.3) is 0 Å². The molecule has 2 aromatic rings. The van der Waals surface area contributed by atoms with Crippen LogP contribution in [0.1, 0.15) is 28.8 Å². The Morgan fingerprint density at radius 2 is 2.13 bits per heavy atom. The van der Waals surface area contributed by atoms with Gasteiger partial charge in [-0.1, -0.05) is 12.1 Å². The first-order valence-corrected chi connectivity index (χ1v) is 7.89. The summed E-state index contributed by atoms with van der Waals surface area (Å²) in [6.45, 7) is 2.18. The Morgan fingerprint density at radius 1 is 1.30 bits per heavy atom. The SMILES string of the molecule is NCc1ccc(C(=O)NC2CCCN(c3cccnn3)C2)cc1. The molecule has 1 aliphatic rings. The van der Waals surface area contributed by atoms with Gasteiger partial charge in [0.05, 0.1) is 0 Å². The van der Waals surface area contributed by atoms with Gasteiger partial charge in [-0.3, -0.25) is 4.79 Å². The van der Waals surface area contributed by atoms with Crippen molar-refractivity contribution < 1.29 is 4.79 Å². The fourth-order valence-electron chi connectivity index (χ4n) is 2.83. The van der Waals surface area contributed by atoms with Crippen LogP contribution in [-0.2, 0) is 6.54 Å². The molecule has 6 nitrogen and oxygen atoms in total. The minimum atomic E-state index is -0.0421. The van der Waals surface area contributed by atoms with Gasteiger partial charge in [0.25, 0.3) is 5.91 Å². The molecule has 3 rings (SSSR count). The van der Waals surface area contributed by atoms with Crippen LogP contribution >= 0.6 is 0 Å². The van der Waals surface area contributed by atoms with Crippen molar-refractivity contribution >= 4 is 11.7 Å². The highest BCUT2D eigenvalue weighted by Gasteiger charge is 2.22. The number of hydrogen-bond acceptors (Lipinski definition) is 5. The third-order valence-corrected chi connectivity index (χ3v) is 4.09. The van der Waals surface area contributed by atoms with Crippen molar-refractivity contribution in [3.8, 4) is 0 Å². The zero-order valence-corrected chi connectivity index (χ0v) is 13.0. The van der Waals surface area contributed by atoms with E-state index in [-0.39, 0.29) is 11.9 Å². The highest BCUT2D eigenvalue weighted by atomic mass is 16.1. The van der Waals surface area contributed by atoms with Gasteiger partial charge in [-0.25, -0.2) is 0 Å². The summed E-state index contributed by atoms with van der Waals surface area (Å²) < 4.78 is 0. The van der Waals surface area contributed by atoms with Crippen molar-refractivity contribution in [2.24, 2.45) is 5.73 Å². The Bertz CT molecular complexity index is 644. The number of rotatable bonds is 4. The number of carbonyl (C=O) groups excluding carboxylic acids is 1. The molecular weight excluding hydrogens is 290 g/mol. The highest BCUT2D eigenvalue weighted by molar-refractivity contribution is 5.94. The minimum absolute atomic E-state index is 0.0421. The van der Waals surface area contributed by atoms with Gasteiger partial charge in [0.1, 0.15) is 0 Å². The molecule has 1 amide bonds. The molecule has 6 heteroatoms. The van der Waals surface area contributed by atoms with Crippen LogP contribution in [0.3, 0.4) is 0 Å². The number of carbonyl (C=O) groups is 1. The molecule has 1 aromatic carbocycles. The molecule has 1 aromatic heterocycles. The first-order chi connectivity index (χ1) is 11.3. The van der Waals surface area contributed by atoms with Crippen LogP contribution in [0.4, 0.5) is 5.82 Å². The number of anilines is 1. The van der Waals surface area contributed by atoms with Gasteiger partial charge in [-0.05, 0) is 42.7 Å². The predicted molar refractivity (Wildman–Crippen MR) is 89.1 cm³/mol. The van der Waals surface area contributed by atoms with Crippen molar-refractivity contribution in [1.82, 2.24) is 15.5 Å². The molecule has 23 heavy (non-hydrogen) atoms. The average molecular weight is 311 g/mol. The van der Waals surface area contributed by atoms with Gasteiger partial charge < -0.3 is 16.0 Å². The highest BCUT2D eigenvalue weighted by Crippen LogP contribution is 2.17. The smallest absolute Gasteiger partial charge is 0.251 e. The molecule has 1 unspecified atom stereocenters.